The van der Waals surface area contributed by atoms with Gasteiger partial charge in [0, 0.05) is 13.2 Å². The summed E-state index contributed by atoms with van der Waals surface area (Å²) in [6.07, 6.45) is -0.348. The highest BCUT2D eigenvalue weighted by molar-refractivity contribution is 7.78. The first kappa shape index (κ1) is 14.3. The van der Waals surface area contributed by atoms with Gasteiger partial charge in [-0.05, 0) is 27.7 Å². The second kappa shape index (κ2) is 6.23. The van der Waals surface area contributed by atoms with Crippen LogP contribution in [0.25, 0.3) is 0 Å². The highest BCUT2D eigenvalue weighted by Crippen LogP contribution is 2.10. The predicted molar refractivity (Wildman–Crippen MR) is 73.0 cm³/mol. The first-order chi connectivity index (χ1) is 7.93. The normalized spacial score (nSPS) is 22.3. The maximum absolute atomic E-state index is 5.12. The van der Waals surface area contributed by atoms with Crippen molar-refractivity contribution < 1.29 is 4.74 Å². The van der Waals surface area contributed by atoms with Crippen LogP contribution in [0.2, 0.25) is 0 Å². The molecule has 0 amide bonds. The monoisotopic (exact) mass is 259 g/mol. The summed E-state index contributed by atoms with van der Waals surface area (Å²) in [6.45, 7) is 7.90. The molecule has 0 aromatic heterocycles. The van der Waals surface area contributed by atoms with E-state index in [1.165, 1.54) is 0 Å². The van der Waals surface area contributed by atoms with E-state index in [0.717, 1.165) is 5.84 Å². The summed E-state index contributed by atoms with van der Waals surface area (Å²) in [4.78, 5) is 8.71. The number of hydrogen-bond donors (Lipinski definition) is 3. The van der Waals surface area contributed by atoms with Gasteiger partial charge in [0.1, 0.15) is 12.1 Å². The Hall–Kier alpha value is -0.790. The van der Waals surface area contributed by atoms with Gasteiger partial charge >= 0.3 is 0 Å². The molecule has 2 unspecified atom stereocenters. The Bertz CT molecular complexity index is 318. The van der Waals surface area contributed by atoms with Crippen molar-refractivity contribution in [1.82, 2.24) is 14.9 Å². The third-order valence-electron chi connectivity index (χ3n) is 2.24. The zero-order valence-electron chi connectivity index (χ0n) is 10.9. The smallest absolute Gasteiger partial charge is 0.224 e. The molecule has 0 saturated carbocycles. The van der Waals surface area contributed by atoms with Crippen molar-refractivity contribution in [2.45, 2.75) is 46.3 Å². The number of guanidine groups is 1. The SMILES string of the molecule is COC(C)NC1=NC(NC(C)C)N(S)C(C)=N1. The van der Waals surface area contributed by atoms with Crippen molar-refractivity contribution in [2.75, 3.05) is 7.11 Å². The molecule has 0 aromatic carbocycles. The van der Waals surface area contributed by atoms with Gasteiger partial charge in [-0.1, -0.05) is 12.8 Å². The van der Waals surface area contributed by atoms with Crippen LogP contribution in [0.15, 0.2) is 9.98 Å². The highest BCUT2D eigenvalue weighted by Gasteiger charge is 2.22. The maximum atomic E-state index is 5.12. The second-order valence-corrected chi connectivity index (χ2v) is 4.60. The fraction of sp³-hybridized carbons (Fsp3) is 0.800. The van der Waals surface area contributed by atoms with Crippen molar-refractivity contribution in [2.24, 2.45) is 9.98 Å². The lowest BCUT2D eigenvalue weighted by Crippen LogP contribution is -2.49. The lowest BCUT2D eigenvalue weighted by molar-refractivity contribution is 0.106. The van der Waals surface area contributed by atoms with E-state index in [2.05, 4.69) is 47.3 Å². The standard InChI is InChI=1S/C10H21N5OS/c1-6(2)11-10-14-9(13-8(4)16-5)12-7(3)15(10)17/h6,8,10-11,17H,1-5H3,(H,13,14). The molecule has 2 N–H and O–H groups in total. The Balaban J connectivity index is 2.75. The number of nitrogens with one attached hydrogen (secondary N) is 2. The summed E-state index contributed by atoms with van der Waals surface area (Å²) in [5.41, 5.74) is 0. The van der Waals surface area contributed by atoms with Crippen LogP contribution in [0.3, 0.4) is 0 Å². The van der Waals surface area contributed by atoms with E-state index >= 15 is 0 Å². The lowest BCUT2D eigenvalue weighted by Gasteiger charge is -2.31. The Labute approximate surface area is 108 Å². The second-order valence-electron chi connectivity index (χ2n) is 4.17. The van der Waals surface area contributed by atoms with Crippen molar-refractivity contribution in [1.29, 1.82) is 0 Å². The van der Waals surface area contributed by atoms with Gasteiger partial charge in [-0.2, -0.15) is 4.99 Å². The number of thiol groups is 1. The van der Waals surface area contributed by atoms with Crippen molar-refractivity contribution >= 4 is 24.6 Å². The number of ether oxygens (including phenoxy) is 1. The van der Waals surface area contributed by atoms with Crippen molar-refractivity contribution in [3.05, 3.63) is 0 Å². The van der Waals surface area contributed by atoms with Crippen LogP contribution in [0.5, 0.6) is 0 Å². The molecule has 1 rings (SSSR count). The molecule has 7 heteroatoms. The zero-order chi connectivity index (χ0) is 13.0. The molecule has 98 valence electrons. The van der Waals surface area contributed by atoms with Gasteiger partial charge in [-0.15, -0.1) is 0 Å². The van der Waals surface area contributed by atoms with Gasteiger partial charge in [0.05, 0.1) is 0 Å². The Morgan fingerprint density at radius 1 is 1.41 bits per heavy atom. The summed E-state index contributed by atoms with van der Waals surface area (Å²) in [5, 5.41) is 6.35. The van der Waals surface area contributed by atoms with Crippen LogP contribution in [0.1, 0.15) is 27.7 Å². The van der Waals surface area contributed by atoms with E-state index in [0.29, 0.717) is 12.0 Å². The predicted octanol–water partition coefficient (Wildman–Crippen LogP) is 0.785. The van der Waals surface area contributed by atoms with E-state index < -0.39 is 0 Å². The van der Waals surface area contributed by atoms with Gasteiger partial charge < -0.3 is 10.1 Å². The molecule has 17 heavy (non-hydrogen) atoms. The minimum atomic E-state index is -0.220. The van der Waals surface area contributed by atoms with Crippen LogP contribution < -0.4 is 10.6 Å². The molecule has 0 bridgehead atoms. The molecular weight excluding hydrogens is 238 g/mol. The van der Waals surface area contributed by atoms with Crippen LogP contribution in [0, 0.1) is 0 Å². The summed E-state index contributed by atoms with van der Waals surface area (Å²) < 4.78 is 6.81. The van der Waals surface area contributed by atoms with Crippen molar-refractivity contribution in [3.63, 3.8) is 0 Å². The molecule has 6 nitrogen and oxygen atoms in total. The van der Waals surface area contributed by atoms with E-state index in [1.54, 1.807) is 11.4 Å². The van der Waals surface area contributed by atoms with Crippen molar-refractivity contribution in [3.8, 4) is 0 Å². The van der Waals surface area contributed by atoms with E-state index in [-0.39, 0.29) is 12.5 Å². The average Bonchev–Trinajstić information content (AvgIpc) is 2.24. The van der Waals surface area contributed by atoms with E-state index in [4.69, 9.17) is 4.74 Å². The molecule has 0 spiro atoms. The van der Waals surface area contributed by atoms with Gasteiger partial charge in [0.15, 0.2) is 6.29 Å². The highest BCUT2D eigenvalue weighted by atomic mass is 32.1. The maximum Gasteiger partial charge on any atom is 0.224 e. The molecular formula is C10H21N5OS. The number of nitrogens with zero attached hydrogens (tertiary/aromatic N) is 3. The fourth-order valence-corrected chi connectivity index (χ4v) is 1.46. The van der Waals surface area contributed by atoms with Gasteiger partial charge in [0.2, 0.25) is 5.96 Å². The minimum Gasteiger partial charge on any atom is -0.362 e. The summed E-state index contributed by atoms with van der Waals surface area (Å²) in [6, 6.07) is 0.311. The number of methoxy groups -OCH3 is 1. The first-order valence-corrected chi connectivity index (χ1v) is 6.00. The van der Waals surface area contributed by atoms with Gasteiger partial charge in [0.25, 0.3) is 0 Å². The van der Waals surface area contributed by atoms with Crippen LogP contribution >= 0.6 is 12.8 Å². The largest absolute Gasteiger partial charge is 0.362 e. The quantitative estimate of drug-likeness (QED) is 0.516. The summed E-state index contributed by atoms with van der Waals surface area (Å²) in [5.74, 6) is 1.34. The summed E-state index contributed by atoms with van der Waals surface area (Å²) in [7, 11) is 1.63. The molecule has 1 heterocycles. The third kappa shape index (κ3) is 4.18. The third-order valence-corrected chi connectivity index (χ3v) is 2.75. The Morgan fingerprint density at radius 2 is 2.06 bits per heavy atom. The van der Waals surface area contributed by atoms with E-state index in [1.807, 2.05) is 13.8 Å². The molecule has 0 radical (unpaired) electrons. The number of amidine groups is 1. The molecule has 0 saturated heterocycles. The molecule has 0 fully saturated rings. The fourth-order valence-electron chi connectivity index (χ4n) is 1.30. The van der Waals surface area contributed by atoms with Gasteiger partial charge in [-0.25, -0.2) is 4.99 Å². The lowest BCUT2D eigenvalue weighted by atomic mass is 10.4. The van der Waals surface area contributed by atoms with Crippen LogP contribution in [-0.2, 0) is 4.74 Å². The molecule has 0 aliphatic carbocycles. The number of hydrogen-bond acceptors (Lipinski definition) is 7. The number of rotatable bonds is 4. The molecule has 2 atom stereocenters. The van der Waals surface area contributed by atoms with Gasteiger partial charge in [-0.3, -0.25) is 9.62 Å². The number of aliphatic imine (C=N–C) groups is 2. The van der Waals surface area contributed by atoms with E-state index in [9.17, 15) is 0 Å². The summed E-state index contributed by atoms with van der Waals surface area (Å²) >= 11 is 4.35. The van der Waals surface area contributed by atoms with Crippen LogP contribution in [-0.4, -0.2) is 41.8 Å². The molecule has 0 aromatic rings. The topological polar surface area (TPSA) is 61.2 Å². The molecule has 1 aliphatic heterocycles. The minimum absolute atomic E-state index is 0.128. The molecule has 1 aliphatic rings. The van der Waals surface area contributed by atoms with Crippen LogP contribution in [0.4, 0.5) is 0 Å². The average molecular weight is 259 g/mol. The Morgan fingerprint density at radius 3 is 2.59 bits per heavy atom. The first-order valence-electron chi connectivity index (χ1n) is 5.60. The zero-order valence-corrected chi connectivity index (χ0v) is 11.8. The Kier molecular flexibility index (Phi) is 5.23.